The van der Waals surface area contributed by atoms with Crippen molar-refractivity contribution < 1.29 is 9.13 Å². The van der Waals surface area contributed by atoms with Crippen LogP contribution in [0, 0.1) is 12.7 Å². The molecule has 0 aliphatic heterocycles. The second-order valence-electron chi connectivity index (χ2n) is 5.82. The molecule has 0 spiro atoms. The highest BCUT2D eigenvalue weighted by Crippen LogP contribution is 2.35. The van der Waals surface area contributed by atoms with Gasteiger partial charge in [-0.2, -0.15) is 0 Å². The van der Waals surface area contributed by atoms with E-state index in [4.69, 9.17) is 10.6 Å². The van der Waals surface area contributed by atoms with E-state index in [-0.39, 0.29) is 17.5 Å². The third-order valence-electron chi connectivity index (χ3n) is 4.68. The van der Waals surface area contributed by atoms with E-state index >= 15 is 0 Å². The summed E-state index contributed by atoms with van der Waals surface area (Å²) in [6, 6.07) is 4.93. The molecular formula is C16H25FN2O. The Bertz CT molecular complexity index is 444. The summed E-state index contributed by atoms with van der Waals surface area (Å²) in [6.45, 7) is 2.00. The summed E-state index contributed by atoms with van der Waals surface area (Å²) in [4.78, 5) is 0. The molecule has 0 aromatic heterocycles. The topological polar surface area (TPSA) is 47.3 Å². The van der Waals surface area contributed by atoms with Gasteiger partial charge in [0.1, 0.15) is 5.82 Å². The molecule has 1 aromatic carbocycles. The van der Waals surface area contributed by atoms with Crippen molar-refractivity contribution in [3.05, 3.63) is 35.1 Å². The molecule has 0 radical (unpaired) electrons. The number of hydrogen-bond acceptors (Lipinski definition) is 3. The maximum absolute atomic E-state index is 13.4. The predicted molar refractivity (Wildman–Crippen MR) is 78.8 cm³/mol. The molecule has 1 saturated carbocycles. The van der Waals surface area contributed by atoms with Crippen LogP contribution in [0.15, 0.2) is 18.2 Å². The fourth-order valence-electron chi connectivity index (χ4n) is 3.32. The largest absolute Gasteiger partial charge is 0.377 e. The summed E-state index contributed by atoms with van der Waals surface area (Å²) in [7, 11) is 1.76. The van der Waals surface area contributed by atoms with Gasteiger partial charge in [0, 0.05) is 7.11 Å². The SMILES string of the molecule is COC1(C(Cc2cc(F)ccc2C)NN)CCCCC1. The van der Waals surface area contributed by atoms with Crippen molar-refractivity contribution in [1.29, 1.82) is 0 Å². The minimum atomic E-state index is -0.230. The molecule has 1 aliphatic rings. The van der Waals surface area contributed by atoms with E-state index in [1.807, 2.05) is 13.0 Å². The summed E-state index contributed by atoms with van der Waals surface area (Å²) < 4.78 is 19.3. The monoisotopic (exact) mass is 280 g/mol. The Kier molecular flexibility index (Phi) is 5.13. The van der Waals surface area contributed by atoms with E-state index < -0.39 is 0 Å². The number of nitrogens with two attached hydrogens (primary N) is 1. The van der Waals surface area contributed by atoms with Gasteiger partial charge in [-0.05, 0) is 49.4 Å². The zero-order valence-electron chi connectivity index (χ0n) is 12.4. The first kappa shape index (κ1) is 15.4. The van der Waals surface area contributed by atoms with E-state index in [1.54, 1.807) is 13.2 Å². The predicted octanol–water partition coefficient (Wildman–Crippen LogP) is 2.86. The number of aryl methyl sites for hydroxylation is 1. The number of benzene rings is 1. The third-order valence-corrected chi connectivity index (χ3v) is 4.68. The second kappa shape index (κ2) is 6.66. The number of rotatable bonds is 5. The average molecular weight is 280 g/mol. The van der Waals surface area contributed by atoms with Gasteiger partial charge in [0.05, 0.1) is 11.6 Å². The Morgan fingerprint density at radius 2 is 2.05 bits per heavy atom. The molecule has 3 N–H and O–H groups in total. The first-order chi connectivity index (χ1) is 9.61. The van der Waals surface area contributed by atoms with Crippen LogP contribution in [0.5, 0.6) is 0 Å². The van der Waals surface area contributed by atoms with Gasteiger partial charge in [0.25, 0.3) is 0 Å². The quantitative estimate of drug-likeness (QED) is 0.644. The number of hydrogen-bond donors (Lipinski definition) is 2. The molecule has 3 nitrogen and oxygen atoms in total. The van der Waals surface area contributed by atoms with Crippen LogP contribution < -0.4 is 11.3 Å². The van der Waals surface area contributed by atoms with Gasteiger partial charge in [0.2, 0.25) is 0 Å². The lowest BCUT2D eigenvalue weighted by Gasteiger charge is -2.42. The highest BCUT2D eigenvalue weighted by molar-refractivity contribution is 5.28. The molecule has 1 unspecified atom stereocenters. The zero-order chi connectivity index (χ0) is 14.6. The van der Waals surface area contributed by atoms with Gasteiger partial charge >= 0.3 is 0 Å². The van der Waals surface area contributed by atoms with Crippen LogP contribution in [-0.2, 0) is 11.2 Å². The number of ether oxygens (including phenoxy) is 1. The van der Waals surface area contributed by atoms with E-state index in [0.29, 0.717) is 6.42 Å². The first-order valence-corrected chi connectivity index (χ1v) is 7.37. The van der Waals surface area contributed by atoms with Crippen molar-refractivity contribution >= 4 is 0 Å². The molecule has 0 amide bonds. The van der Waals surface area contributed by atoms with Crippen LogP contribution in [-0.4, -0.2) is 18.8 Å². The standard InChI is InChI=1S/C16H25FN2O/c1-12-6-7-14(17)10-13(12)11-15(19-18)16(20-2)8-4-3-5-9-16/h6-7,10,15,19H,3-5,8-9,11,18H2,1-2H3. The van der Waals surface area contributed by atoms with Crippen molar-refractivity contribution in [3.63, 3.8) is 0 Å². The number of halogens is 1. The first-order valence-electron chi connectivity index (χ1n) is 7.37. The van der Waals surface area contributed by atoms with Gasteiger partial charge in [-0.1, -0.05) is 25.3 Å². The molecule has 0 heterocycles. The van der Waals surface area contributed by atoms with Crippen molar-refractivity contribution in [2.45, 2.75) is 57.1 Å². The van der Waals surface area contributed by atoms with Crippen molar-refractivity contribution in [2.75, 3.05) is 7.11 Å². The molecule has 20 heavy (non-hydrogen) atoms. The lowest BCUT2D eigenvalue weighted by Crippen LogP contribution is -2.56. The summed E-state index contributed by atoms with van der Waals surface area (Å²) in [5.74, 6) is 5.58. The minimum absolute atomic E-state index is 0.00769. The third kappa shape index (κ3) is 3.19. The maximum Gasteiger partial charge on any atom is 0.123 e. The molecule has 0 saturated heterocycles. The van der Waals surface area contributed by atoms with Crippen molar-refractivity contribution in [3.8, 4) is 0 Å². The molecule has 112 valence electrons. The van der Waals surface area contributed by atoms with E-state index in [9.17, 15) is 4.39 Å². The van der Waals surface area contributed by atoms with Gasteiger partial charge in [-0.25, -0.2) is 4.39 Å². The zero-order valence-corrected chi connectivity index (χ0v) is 12.4. The maximum atomic E-state index is 13.4. The Morgan fingerprint density at radius 1 is 1.35 bits per heavy atom. The van der Waals surface area contributed by atoms with Gasteiger partial charge in [-0.3, -0.25) is 11.3 Å². The molecule has 1 atom stereocenters. The highest BCUT2D eigenvalue weighted by Gasteiger charge is 2.39. The van der Waals surface area contributed by atoms with Gasteiger partial charge in [0.15, 0.2) is 0 Å². The van der Waals surface area contributed by atoms with Gasteiger partial charge in [-0.15, -0.1) is 0 Å². The van der Waals surface area contributed by atoms with Crippen LogP contribution in [0.25, 0.3) is 0 Å². The molecule has 0 bridgehead atoms. The fourth-order valence-corrected chi connectivity index (χ4v) is 3.32. The van der Waals surface area contributed by atoms with E-state index in [1.165, 1.54) is 12.5 Å². The molecule has 1 aliphatic carbocycles. The number of hydrazine groups is 1. The minimum Gasteiger partial charge on any atom is -0.377 e. The molecule has 1 fully saturated rings. The normalized spacial score (nSPS) is 19.8. The number of nitrogens with one attached hydrogen (secondary N) is 1. The highest BCUT2D eigenvalue weighted by atomic mass is 19.1. The Labute approximate surface area is 120 Å². The molecule has 4 heteroatoms. The molecule has 2 rings (SSSR count). The fraction of sp³-hybridized carbons (Fsp3) is 0.625. The number of methoxy groups -OCH3 is 1. The average Bonchev–Trinajstić information content (AvgIpc) is 2.48. The second-order valence-corrected chi connectivity index (χ2v) is 5.82. The van der Waals surface area contributed by atoms with Crippen LogP contribution in [0.2, 0.25) is 0 Å². The smallest absolute Gasteiger partial charge is 0.123 e. The lowest BCUT2D eigenvalue weighted by molar-refractivity contribution is -0.0674. The summed E-state index contributed by atoms with van der Waals surface area (Å²) in [6.07, 6.45) is 6.27. The van der Waals surface area contributed by atoms with Crippen molar-refractivity contribution in [1.82, 2.24) is 5.43 Å². The Morgan fingerprint density at radius 3 is 2.65 bits per heavy atom. The Balaban J connectivity index is 2.21. The van der Waals surface area contributed by atoms with E-state index in [0.717, 1.165) is 36.8 Å². The van der Waals surface area contributed by atoms with Crippen LogP contribution in [0.1, 0.15) is 43.2 Å². The van der Waals surface area contributed by atoms with Crippen molar-refractivity contribution in [2.24, 2.45) is 5.84 Å². The summed E-state index contributed by atoms with van der Waals surface area (Å²) >= 11 is 0. The summed E-state index contributed by atoms with van der Waals surface area (Å²) in [5, 5.41) is 0. The van der Waals surface area contributed by atoms with E-state index in [2.05, 4.69) is 5.43 Å². The van der Waals surface area contributed by atoms with Crippen LogP contribution in [0.3, 0.4) is 0 Å². The van der Waals surface area contributed by atoms with Crippen LogP contribution >= 0.6 is 0 Å². The molecule has 1 aromatic rings. The summed E-state index contributed by atoms with van der Waals surface area (Å²) in [5.41, 5.74) is 4.77. The molecular weight excluding hydrogens is 255 g/mol. The van der Waals surface area contributed by atoms with Crippen LogP contribution in [0.4, 0.5) is 4.39 Å². The Hall–Kier alpha value is -0.970. The van der Waals surface area contributed by atoms with Gasteiger partial charge < -0.3 is 4.74 Å². The lowest BCUT2D eigenvalue weighted by atomic mass is 9.77.